The third-order valence-corrected chi connectivity index (χ3v) is 8.77. The highest BCUT2D eigenvalue weighted by atomic mass is 28.3. The van der Waals surface area contributed by atoms with Crippen LogP contribution in [-0.4, -0.2) is 65.2 Å². The van der Waals surface area contributed by atoms with E-state index in [4.69, 9.17) is 9.47 Å². The number of amides is 1. The largest absolute Gasteiger partial charge is 0.481 e. The van der Waals surface area contributed by atoms with Gasteiger partial charge in [-0.15, -0.1) is 0 Å². The fourth-order valence-electron chi connectivity index (χ4n) is 5.07. The number of carbonyl (C=O) groups excluding carboxylic acids is 2. The van der Waals surface area contributed by atoms with E-state index in [1.807, 2.05) is 4.90 Å². The number of halogens is 1. The molecule has 4 rings (SSSR count). The zero-order valence-electron chi connectivity index (χ0n) is 21.2. The topological polar surface area (TPSA) is 86.6 Å². The predicted molar refractivity (Wildman–Crippen MR) is 132 cm³/mol. The second-order valence-electron chi connectivity index (χ2n) is 10.8. The first kappa shape index (κ1) is 25.5. The van der Waals surface area contributed by atoms with Crippen LogP contribution in [0.4, 0.5) is 4.39 Å². The van der Waals surface area contributed by atoms with Crippen molar-refractivity contribution in [3.63, 3.8) is 0 Å². The van der Waals surface area contributed by atoms with Crippen molar-refractivity contribution in [2.24, 2.45) is 5.92 Å². The van der Waals surface area contributed by atoms with Crippen molar-refractivity contribution in [2.75, 3.05) is 13.7 Å². The maximum atomic E-state index is 14.8. The molecule has 2 fully saturated rings. The van der Waals surface area contributed by atoms with Gasteiger partial charge in [0, 0.05) is 44.3 Å². The average molecular weight is 503 g/mol. The zero-order chi connectivity index (χ0) is 25.3. The number of ketones is 1. The molecule has 190 valence electrons. The molecule has 2 aromatic heterocycles. The molecule has 8 nitrogen and oxygen atoms in total. The fraction of sp³-hybridized carbons (Fsp3) is 0.600. The molecule has 0 spiro atoms. The number of pyridine rings is 1. The first-order chi connectivity index (χ1) is 16.6. The molecule has 2 aliphatic heterocycles. The van der Waals surface area contributed by atoms with E-state index in [1.165, 1.54) is 13.2 Å². The van der Waals surface area contributed by atoms with E-state index >= 15 is 0 Å². The van der Waals surface area contributed by atoms with Crippen molar-refractivity contribution in [3.8, 4) is 17.1 Å². The van der Waals surface area contributed by atoms with Crippen molar-refractivity contribution in [1.29, 1.82) is 0 Å². The normalized spacial score (nSPS) is 21.9. The van der Waals surface area contributed by atoms with Crippen LogP contribution in [0.5, 0.6) is 5.88 Å². The van der Waals surface area contributed by atoms with Crippen LogP contribution >= 0.6 is 0 Å². The summed E-state index contributed by atoms with van der Waals surface area (Å²) in [5, 5.41) is 4.56. The van der Waals surface area contributed by atoms with Crippen LogP contribution in [0.2, 0.25) is 25.7 Å². The molecule has 35 heavy (non-hydrogen) atoms. The van der Waals surface area contributed by atoms with E-state index in [0.717, 1.165) is 25.1 Å². The lowest BCUT2D eigenvalue weighted by Crippen LogP contribution is -2.47. The zero-order valence-corrected chi connectivity index (χ0v) is 22.2. The quantitative estimate of drug-likeness (QED) is 0.374. The van der Waals surface area contributed by atoms with Crippen molar-refractivity contribution in [1.82, 2.24) is 19.7 Å². The van der Waals surface area contributed by atoms with Gasteiger partial charge in [-0.25, -0.2) is 14.1 Å². The Morgan fingerprint density at radius 2 is 1.86 bits per heavy atom. The Labute approximate surface area is 206 Å². The van der Waals surface area contributed by atoms with E-state index in [1.54, 1.807) is 17.7 Å². The summed E-state index contributed by atoms with van der Waals surface area (Å²) in [6.07, 6.45) is 4.28. The van der Waals surface area contributed by atoms with Crippen LogP contribution in [0.1, 0.15) is 43.1 Å². The van der Waals surface area contributed by atoms with Gasteiger partial charge < -0.3 is 14.4 Å². The molecule has 2 bridgehead atoms. The minimum absolute atomic E-state index is 0.0165. The van der Waals surface area contributed by atoms with E-state index in [2.05, 4.69) is 29.7 Å². The minimum atomic E-state index is -1.28. The third-order valence-electron chi connectivity index (χ3n) is 7.07. The van der Waals surface area contributed by atoms with Gasteiger partial charge in [-0.3, -0.25) is 9.59 Å². The Bertz CT molecular complexity index is 1090. The number of ether oxygens (including phenoxy) is 2. The van der Waals surface area contributed by atoms with E-state index in [0.29, 0.717) is 25.1 Å². The predicted octanol–water partition coefficient (Wildman–Crippen LogP) is 4.38. The van der Waals surface area contributed by atoms with Gasteiger partial charge in [0.25, 0.3) is 5.91 Å². The number of aromatic nitrogens is 3. The number of piperidine rings is 1. The van der Waals surface area contributed by atoms with Crippen LogP contribution in [0, 0.1) is 11.7 Å². The van der Waals surface area contributed by atoms with Gasteiger partial charge in [0.2, 0.25) is 5.88 Å². The lowest BCUT2D eigenvalue weighted by Gasteiger charge is -2.37. The summed E-state index contributed by atoms with van der Waals surface area (Å²) >= 11 is 0. The minimum Gasteiger partial charge on any atom is -0.481 e. The number of methoxy groups -OCH3 is 1. The number of hydrogen-bond donors (Lipinski definition) is 0. The molecule has 0 aliphatic carbocycles. The highest BCUT2D eigenvalue weighted by Gasteiger charge is 2.45. The van der Waals surface area contributed by atoms with E-state index < -0.39 is 13.9 Å². The molecule has 3 atom stereocenters. The molecule has 2 aromatic rings. The van der Waals surface area contributed by atoms with Crippen molar-refractivity contribution in [2.45, 2.75) is 77.1 Å². The number of nitrogens with zero attached hydrogens (tertiary/aromatic N) is 4. The van der Waals surface area contributed by atoms with Gasteiger partial charge in [-0.05, 0) is 44.7 Å². The number of carbonyl (C=O) groups is 2. The molecule has 0 aromatic carbocycles. The molecular weight excluding hydrogens is 467 g/mol. The lowest BCUT2D eigenvalue weighted by atomic mass is 9.88. The molecule has 0 radical (unpaired) electrons. The summed E-state index contributed by atoms with van der Waals surface area (Å²) in [4.78, 5) is 31.4. The molecular formula is C25H35FN4O4Si. The number of fused-ring (bicyclic) bond motifs is 2. The first-order valence-corrected chi connectivity index (χ1v) is 16.0. The van der Waals surface area contributed by atoms with Crippen molar-refractivity contribution >= 4 is 19.8 Å². The summed E-state index contributed by atoms with van der Waals surface area (Å²) in [5.74, 6) is -0.231. The van der Waals surface area contributed by atoms with Crippen LogP contribution in [-0.2, 0) is 16.3 Å². The Hall–Kier alpha value is -2.59. The number of Topliss-reactive ketones (excluding diaryl/α,β-unsaturated/α-hetero) is 1. The Kier molecular flexibility index (Phi) is 7.42. The SMILES string of the molecule is COc1cc(-c2cc(C(=O)N3[C@@H]4CC[C@H]3CC(C(C)=O)C4)nn2COCC[Si](C)(C)C)c(F)cn1. The maximum Gasteiger partial charge on any atom is 0.274 e. The molecule has 1 unspecified atom stereocenters. The molecule has 0 saturated carbocycles. The fourth-order valence-corrected chi connectivity index (χ4v) is 5.82. The van der Waals surface area contributed by atoms with E-state index in [-0.39, 0.29) is 53.6 Å². The summed E-state index contributed by atoms with van der Waals surface area (Å²) in [6.45, 7) is 9.13. The molecule has 2 aliphatic rings. The Morgan fingerprint density at radius 3 is 2.46 bits per heavy atom. The van der Waals surface area contributed by atoms with Crippen LogP contribution in [0.15, 0.2) is 18.3 Å². The van der Waals surface area contributed by atoms with Gasteiger partial charge in [-0.1, -0.05) is 19.6 Å². The van der Waals surface area contributed by atoms with Gasteiger partial charge in [-0.2, -0.15) is 5.10 Å². The third kappa shape index (κ3) is 5.64. The molecule has 2 saturated heterocycles. The summed E-state index contributed by atoms with van der Waals surface area (Å²) < 4.78 is 27.4. The summed E-state index contributed by atoms with van der Waals surface area (Å²) in [5.41, 5.74) is 0.933. The average Bonchev–Trinajstić information content (AvgIpc) is 3.33. The maximum absolute atomic E-state index is 14.8. The Morgan fingerprint density at radius 1 is 1.17 bits per heavy atom. The molecule has 0 N–H and O–H groups in total. The van der Waals surface area contributed by atoms with Crippen molar-refractivity contribution in [3.05, 3.63) is 29.8 Å². The standard InChI is InChI=1S/C25H35FN4O4Si/c1-16(31)17-10-18-6-7-19(11-17)30(18)25(32)22-13-23(20-12-24(33-2)27-14-21(20)26)29(28-22)15-34-8-9-35(3,4)5/h12-14,17-19H,6-11,15H2,1-5H3/t17?,18-,19+. The van der Waals surface area contributed by atoms with Crippen LogP contribution in [0.3, 0.4) is 0 Å². The molecule has 1 amide bonds. The highest BCUT2D eigenvalue weighted by molar-refractivity contribution is 6.76. The molecule has 10 heteroatoms. The first-order valence-electron chi connectivity index (χ1n) is 12.3. The van der Waals surface area contributed by atoms with Gasteiger partial charge in [0.05, 0.1) is 19.0 Å². The summed E-state index contributed by atoms with van der Waals surface area (Å²) in [7, 11) is 0.192. The monoisotopic (exact) mass is 502 g/mol. The van der Waals surface area contributed by atoms with E-state index in [9.17, 15) is 14.0 Å². The highest BCUT2D eigenvalue weighted by Crippen LogP contribution is 2.40. The van der Waals surface area contributed by atoms with Crippen LogP contribution < -0.4 is 4.74 Å². The Balaban J connectivity index is 1.62. The smallest absolute Gasteiger partial charge is 0.274 e. The molecule has 4 heterocycles. The van der Waals surface area contributed by atoms with Gasteiger partial charge in [0.15, 0.2) is 11.5 Å². The second kappa shape index (κ2) is 10.2. The lowest BCUT2D eigenvalue weighted by molar-refractivity contribution is -0.122. The second-order valence-corrected chi connectivity index (χ2v) is 16.5. The number of hydrogen-bond acceptors (Lipinski definition) is 6. The summed E-state index contributed by atoms with van der Waals surface area (Å²) in [6, 6.07) is 4.19. The van der Waals surface area contributed by atoms with Crippen LogP contribution in [0.25, 0.3) is 11.3 Å². The van der Waals surface area contributed by atoms with Gasteiger partial charge >= 0.3 is 0 Å². The van der Waals surface area contributed by atoms with Gasteiger partial charge in [0.1, 0.15) is 12.5 Å². The number of rotatable bonds is 9. The van der Waals surface area contributed by atoms with Crippen molar-refractivity contribution < 1.29 is 23.5 Å².